The number of nitrogens with zero attached hydrogens (tertiary/aromatic N) is 2. The highest BCUT2D eigenvalue weighted by molar-refractivity contribution is 8.15. The van der Waals surface area contributed by atoms with Crippen molar-refractivity contribution in [3.8, 4) is 11.3 Å². The lowest BCUT2D eigenvalue weighted by Crippen LogP contribution is -2.31. The number of benzene rings is 1. The van der Waals surface area contributed by atoms with E-state index in [9.17, 15) is 14.7 Å². The number of aliphatic carboxylic acids is 1. The maximum atomic E-state index is 11.6. The molecule has 1 N–H and O–H groups in total. The molecule has 0 saturated carbocycles. The van der Waals surface area contributed by atoms with Gasteiger partial charge in [-0.05, 0) is 36.4 Å². The number of carboxylic acid groups (broad SMARTS) is 1. The summed E-state index contributed by atoms with van der Waals surface area (Å²) in [6.45, 7) is 0. The fourth-order valence-corrected chi connectivity index (χ4v) is 3.10. The summed E-state index contributed by atoms with van der Waals surface area (Å²) in [5.74, 6) is -0.577. The lowest BCUT2D eigenvalue weighted by atomic mass is 10.2. The zero-order chi connectivity index (χ0) is 17.8. The van der Waals surface area contributed by atoms with Crippen LogP contribution in [0.1, 0.15) is 12.2 Å². The number of furan rings is 1. The van der Waals surface area contributed by atoms with E-state index in [1.807, 2.05) is 12.1 Å². The highest BCUT2D eigenvalue weighted by atomic mass is 35.5. The number of carbonyl (C=O) groups excluding carboxylic acids is 2. The van der Waals surface area contributed by atoms with Crippen molar-refractivity contribution in [2.24, 2.45) is 10.2 Å². The maximum absolute atomic E-state index is 11.6. The summed E-state index contributed by atoms with van der Waals surface area (Å²) in [5.41, 5.74) is 0.874. The summed E-state index contributed by atoms with van der Waals surface area (Å²) in [6.07, 6.45) is 1.02. The van der Waals surface area contributed by atoms with Crippen LogP contribution in [0, 0.1) is 0 Å². The molecule has 2 aromatic rings. The van der Waals surface area contributed by atoms with Crippen LogP contribution in [-0.2, 0) is 9.59 Å². The van der Waals surface area contributed by atoms with Gasteiger partial charge in [0.25, 0.3) is 0 Å². The van der Waals surface area contributed by atoms with Gasteiger partial charge in [0, 0.05) is 23.0 Å². The van der Waals surface area contributed by atoms with Gasteiger partial charge in [-0.3, -0.25) is 4.79 Å². The minimum absolute atomic E-state index is 0.233. The molecule has 1 fully saturated rings. The van der Waals surface area contributed by atoms with Crippen molar-refractivity contribution in [2.45, 2.75) is 11.7 Å². The average Bonchev–Trinajstić information content (AvgIpc) is 3.15. The van der Waals surface area contributed by atoms with Gasteiger partial charge in [-0.15, -0.1) is 5.10 Å². The van der Waals surface area contributed by atoms with E-state index in [1.165, 1.54) is 6.21 Å². The molecule has 1 amide bonds. The molecule has 128 valence electrons. The Kier molecular flexibility index (Phi) is 5.20. The first-order valence-electron chi connectivity index (χ1n) is 7.15. The summed E-state index contributed by atoms with van der Waals surface area (Å²) in [5, 5.41) is 20.8. The van der Waals surface area contributed by atoms with Gasteiger partial charge in [-0.1, -0.05) is 23.4 Å². The number of halogens is 1. The smallest absolute Gasteiger partial charge is 0.239 e. The number of carbonyl (C=O) groups is 2. The second kappa shape index (κ2) is 7.54. The molecule has 7 nitrogen and oxygen atoms in total. The van der Waals surface area contributed by atoms with Gasteiger partial charge in [-0.25, -0.2) is 0 Å². The van der Waals surface area contributed by atoms with Crippen LogP contribution in [-0.4, -0.2) is 28.5 Å². The van der Waals surface area contributed by atoms with E-state index in [2.05, 4.69) is 15.5 Å². The molecule has 1 aliphatic rings. The Bertz CT molecular complexity index is 861. The predicted molar refractivity (Wildman–Crippen MR) is 93.3 cm³/mol. The zero-order valence-electron chi connectivity index (χ0n) is 12.6. The first-order chi connectivity index (χ1) is 12.0. The molecule has 0 spiro atoms. The minimum atomic E-state index is -1.29. The highest BCUT2D eigenvalue weighted by Crippen LogP contribution is 2.24. The van der Waals surface area contributed by atoms with Crippen molar-refractivity contribution in [3.63, 3.8) is 0 Å². The third-order valence-corrected chi connectivity index (χ3v) is 4.54. The molecule has 0 bridgehead atoms. The molecule has 0 aliphatic carbocycles. The number of hydrogen-bond donors (Lipinski definition) is 1. The lowest BCUT2D eigenvalue weighted by molar-refractivity contribution is -0.305. The van der Waals surface area contributed by atoms with Crippen LogP contribution in [0.3, 0.4) is 0 Å². The number of amides is 1. The third kappa shape index (κ3) is 4.49. The highest BCUT2D eigenvalue weighted by Gasteiger charge is 2.30. The Morgan fingerprint density at radius 3 is 2.80 bits per heavy atom. The molecule has 1 saturated heterocycles. The molecular formula is C16H11ClN3O4S-. The largest absolute Gasteiger partial charge is 0.550 e. The molecule has 1 atom stereocenters. The number of hydrogen-bond acceptors (Lipinski definition) is 7. The van der Waals surface area contributed by atoms with Crippen molar-refractivity contribution >= 4 is 46.6 Å². The standard InChI is InChI=1S/C16H12ClN3O4S/c17-10-3-1-9(2-4-10)12-6-5-11(24-12)8-18-20-16-19-15(23)13(25-16)7-14(21)22/h1-6,8,13H,7H2,(H,21,22)(H,19,20,23)/p-1/b18-8-/t13-/m1/s1. The predicted octanol–water partition coefficient (Wildman–Crippen LogP) is 1.66. The molecule has 1 aliphatic heterocycles. The molecule has 0 radical (unpaired) electrons. The van der Waals surface area contributed by atoms with Gasteiger partial charge in [0.2, 0.25) is 5.91 Å². The van der Waals surface area contributed by atoms with Gasteiger partial charge < -0.3 is 19.6 Å². The van der Waals surface area contributed by atoms with E-state index in [0.717, 1.165) is 17.3 Å². The van der Waals surface area contributed by atoms with E-state index in [4.69, 9.17) is 16.0 Å². The summed E-state index contributed by atoms with van der Waals surface area (Å²) in [7, 11) is 0. The van der Waals surface area contributed by atoms with E-state index in [1.54, 1.807) is 24.3 Å². The molecule has 1 aromatic carbocycles. The number of nitrogens with one attached hydrogen (secondary N) is 1. The Morgan fingerprint density at radius 2 is 2.08 bits per heavy atom. The molecular weight excluding hydrogens is 366 g/mol. The van der Waals surface area contributed by atoms with E-state index in [-0.39, 0.29) is 11.6 Å². The van der Waals surface area contributed by atoms with Gasteiger partial charge >= 0.3 is 0 Å². The monoisotopic (exact) mass is 376 g/mol. The number of amidine groups is 1. The van der Waals surface area contributed by atoms with E-state index >= 15 is 0 Å². The Morgan fingerprint density at radius 1 is 1.32 bits per heavy atom. The van der Waals surface area contributed by atoms with E-state index in [0.29, 0.717) is 16.5 Å². The Labute approximate surface area is 151 Å². The Balaban J connectivity index is 1.64. The topological polar surface area (TPSA) is 107 Å². The quantitative estimate of drug-likeness (QED) is 0.630. The number of thioether (sulfide) groups is 1. The van der Waals surface area contributed by atoms with Gasteiger partial charge in [0.15, 0.2) is 5.17 Å². The van der Waals surface area contributed by atoms with Crippen molar-refractivity contribution in [1.29, 1.82) is 0 Å². The molecule has 25 heavy (non-hydrogen) atoms. The van der Waals surface area contributed by atoms with Crippen LogP contribution in [0.4, 0.5) is 0 Å². The van der Waals surface area contributed by atoms with E-state index < -0.39 is 17.1 Å². The zero-order valence-corrected chi connectivity index (χ0v) is 14.2. The van der Waals surface area contributed by atoms with Crippen LogP contribution in [0.15, 0.2) is 51.0 Å². The van der Waals surface area contributed by atoms with Gasteiger partial charge in [0.1, 0.15) is 11.5 Å². The number of carboxylic acids is 1. The summed E-state index contributed by atoms with van der Waals surface area (Å²) in [6, 6.07) is 10.7. The van der Waals surface area contributed by atoms with Crippen LogP contribution in [0.2, 0.25) is 5.02 Å². The molecule has 3 rings (SSSR count). The first-order valence-corrected chi connectivity index (χ1v) is 8.41. The first kappa shape index (κ1) is 17.2. The summed E-state index contributed by atoms with van der Waals surface area (Å²) < 4.78 is 5.63. The van der Waals surface area contributed by atoms with Crippen LogP contribution in [0.25, 0.3) is 11.3 Å². The van der Waals surface area contributed by atoms with Crippen molar-refractivity contribution in [3.05, 3.63) is 47.2 Å². The summed E-state index contributed by atoms with van der Waals surface area (Å²) in [4.78, 5) is 22.1. The van der Waals surface area contributed by atoms with Crippen LogP contribution < -0.4 is 10.4 Å². The number of rotatable bonds is 5. The molecule has 2 heterocycles. The fraction of sp³-hybridized carbons (Fsp3) is 0.125. The van der Waals surface area contributed by atoms with Crippen LogP contribution >= 0.6 is 23.4 Å². The van der Waals surface area contributed by atoms with Crippen molar-refractivity contribution in [2.75, 3.05) is 0 Å². The molecule has 0 unspecified atom stereocenters. The SMILES string of the molecule is O=C([O-])C[C@H]1S/C(=N\N=C/c2ccc(-c3ccc(Cl)cc3)o2)NC1=O. The van der Waals surface area contributed by atoms with Gasteiger partial charge in [0.05, 0.1) is 11.5 Å². The van der Waals surface area contributed by atoms with Gasteiger partial charge in [-0.2, -0.15) is 5.10 Å². The van der Waals surface area contributed by atoms with Crippen molar-refractivity contribution in [1.82, 2.24) is 5.32 Å². The summed E-state index contributed by atoms with van der Waals surface area (Å²) >= 11 is 6.85. The Hall–Kier alpha value is -2.58. The molecule has 1 aromatic heterocycles. The fourth-order valence-electron chi connectivity index (χ4n) is 2.07. The van der Waals surface area contributed by atoms with Crippen molar-refractivity contribution < 1.29 is 19.1 Å². The minimum Gasteiger partial charge on any atom is -0.550 e. The second-order valence-corrected chi connectivity index (χ2v) is 6.66. The average molecular weight is 377 g/mol. The van der Waals surface area contributed by atoms with Crippen LogP contribution in [0.5, 0.6) is 0 Å². The normalized spacial score (nSPS) is 18.8. The third-order valence-electron chi connectivity index (χ3n) is 3.22. The maximum Gasteiger partial charge on any atom is 0.239 e. The lowest BCUT2D eigenvalue weighted by Gasteiger charge is -2.04. The molecule has 9 heteroatoms. The second-order valence-electron chi connectivity index (χ2n) is 5.03.